The number of carboxylic acid groups (broad SMARTS) is 1. The predicted molar refractivity (Wildman–Crippen MR) is 80.9 cm³/mol. The fraction of sp³-hybridized carbons (Fsp3) is 0.214. The lowest BCUT2D eigenvalue weighted by atomic mass is 10.1. The predicted octanol–water partition coefficient (Wildman–Crippen LogP) is 2.56. The number of hydrogen-bond acceptors (Lipinski definition) is 4. The van der Waals surface area contributed by atoms with Crippen molar-refractivity contribution >= 4 is 28.0 Å². The first kappa shape index (κ1) is 15.2. The lowest BCUT2D eigenvalue weighted by Crippen LogP contribution is -2.06. The molecule has 7 heteroatoms. The van der Waals surface area contributed by atoms with Crippen molar-refractivity contribution < 1.29 is 14.6 Å². The first-order chi connectivity index (χ1) is 9.97. The number of hydrogen-bond donors (Lipinski definition) is 1. The van der Waals surface area contributed by atoms with E-state index >= 15 is 0 Å². The normalized spacial score (nSPS) is 11.0. The summed E-state index contributed by atoms with van der Waals surface area (Å²) < 4.78 is 8.28. The number of nitrogens with zero attached hydrogens (tertiary/aromatic N) is 3. The highest BCUT2D eigenvalue weighted by Crippen LogP contribution is 2.29. The van der Waals surface area contributed by atoms with Gasteiger partial charge < -0.3 is 9.84 Å². The molecule has 0 bridgehead atoms. The molecule has 0 unspecified atom stereocenters. The molecule has 1 heterocycles. The summed E-state index contributed by atoms with van der Waals surface area (Å²) in [7, 11) is 1.78. The van der Waals surface area contributed by atoms with Gasteiger partial charge in [-0.1, -0.05) is 15.9 Å². The van der Waals surface area contributed by atoms with Gasteiger partial charge in [-0.3, -0.25) is 4.68 Å². The summed E-state index contributed by atoms with van der Waals surface area (Å²) in [6.07, 6.45) is 4.04. The monoisotopic (exact) mass is 351 g/mol. The second-order valence-corrected chi connectivity index (χ2v) is 5.32. The number of benzene rings is 1. The van der Waals surface area contributed by atoms with Crippen LogP contribution in [0, 0.1) is 6.92 Å². The van der Waals surface area contributed by atoms with E-state index in [1.807, 2.05) is 13.0 Å². The Kier molecular flexibility index (Phi) is 4.74. The Labute approximate surface area is 130 Å². The molecule has 1 aromatic heterocycles. The smallest absolute Gasteiger partial charge is 0.328 e. The third kappa shape index (κ3) is 3.91. The fourth-order valence-corrected chi connectivity index (χ4v) is 2.42. The number of ether oxygens (including phenoxy) is 1. The minimum absolute atomic E-state index is 0.257. The largest absolute Gasteiger partial charge is 0.485 e. The number of carboxylic acids is 1. The summed E-state index contributed by atoms with van der Waals surface area (Å²) >= 11 is 3.39. The maximum atomic E-state index is 10.7. The van der Waals surface area contributed by atoms with E-state index in [1.165, 1.54) is 12.4 Å². The van der Waals surface area contributed by atoms with Gasteiger partial charge >= 0.3 is 5.97 Å². The Morgan fingerprint density at radius 2 is 2.29 bits per heavy atom. The van der Waals surface area contributed by atoms with Gasteiger partial charge in [-0.15, -0.1) is 0 Å². The molecule has 0 radical (unpaired) electrons. The van der Waals surface area contributed by atoms with E-state index in [0.29, 0.717) is 17.1 Å². The molecule has 6 nitrogen and oxygen atoms in total. The quantitative estimate of drug-likeness (QED) is 0.837. The molecule has 0 saturated carbocycles. The van der Waals surface area contributed by atoms with Crippen molar-refractivity contribution in [2.45, 2.75) is 13.5 Å². The summed E-state index contributed by atoms with van der Waals surface area (Å²) in [5, 5.41) is 12.7. The van der Waals surface area contributed by atoms with Crippen LogP contribution in [0.1, 0.15) is 17.0 Å². The number of aliphatic carboxylic acids is 1. The van der Waals surface area contributed by atoms with Crippen molar-refractivity contribution in [1.82, 2.24) is 14.8 Å². The van der Waals surface area contributed by atoms with Crippen LogP contribution in [0.2, 0.25) is 0 Å². The summed E-state index contributed by atoms with van der Waals surface area (Å²) in [4.78, 5) is 14.8. The van der Waals surface area contributed by atoms with E-state index in [9.17, 15) is 4.79 Å². The molecule has 0 amide bonds. The Balaban J connectivity index is 2.28. The number of halogens is 1. The van der Waals surface area contributed by atoms with E-state index < -0.39 is 5.97 Å². The fourth-order valence-electron chi connectivity index (χ4n) is 1.83. The van der Waals surface area contributed by atoms with E-state index in [4.69, 9.17) is 9.84 Å². The van der Waals surface area contributed by atoms with E-state index in [0.717, 1.165) is 16.1 Å². The molecule has 1 N–H and O–H groups in total. The highest BCUT2D eigenvalue weighted by atomic mass is 79.9. The van der Waals surface area contributed by atoms with Crippen LogP contribution in [0.15, 0.2) is 29.0 Å². The van der Waals surface area contributed by atoms with Crippen molar-refractivity contribution in [2.75, 3.05) is 0 Å². The van der Waals surface area contributed by atoms with Crippen molar-refractivity contribution in [3.8, 4) is 5.75 Å². The average molecular weight is 352 g/mol. The Morgan fingerprint density at radius 1 is 1.52 bits per heavy atom. The van der Waals surface area contributed by atoms with Crippen LogP contribution in [0.4, 0.5) is 0 Å². The Bertz CT molecular complexity index is 695. The molecule has 2 rings (SSSR count). The molecule has 1 aromatic carbocycles. The standard InChI is InChI=1S/C14H14BrN3O3/c1-9-5-11(15)6-10(3-4-13(19)20)14(9)21-7-12-16-8-17-18(12)2/h3-6,8H,7H2,1-2H3,(H,19,20)/b4-3+. The highest BCUT2D eigenvalue weighted by molar-refractivity contribution is 9.10. The van der Waals surface area contributed by atoms with Crippen LogP contribution in [0.5, 0.6) is 5.75 Å². The third-order valence-corrected chi connectivity index (χ3v) is 3.28. The van der Waals surface area contributed by atoms with Gasteiger partial charge in [0.25, 0.3) is 0 Å². The molecule has 0 aliphatic rings. The second-order valence-electron chi connectivity index (χ2n) is 4.40. The van der Waals surface area contributed by atoms with Crippen LogP contribution in [0.25, 0.3) is 6.08 Å². The van der Waals surface area contributed by atoms with Crippen LogP contribution < -0.4 is 4.74 Å². The summed E-state index contributed by atoms with van der Waals surface area (Å²) in [5.41, 5.74) is 1.59. The van der Waals surface area contributed by atoms with Gasteiger partial charge in [-0.25, -0.2) is 9.78 Å². The molecule has 0 aliphatic heterocycles. The Hall–Kier alpha value is -2.15. The maximum Gasteiger partial charge on any atom is 0.328 e. The van der Waals surface area contributed by atoms with E-state index in [1.54, 1.807) is 17.8 Å². The number of carbonyl (C=O) groups is 1. The molecule has 0 saturated heterocycles. The van der Waals surface area contributed by atoms with Crippen molar-refractivity contribution in [1.29, 1.82) is 0 Å². The molecular weight excluding hydrogens is 338 g/mol. The van der Waals surface area contributed by atoms with E-state index in [-0.39, 0.29) is 6.61 Å². The lowest BCUT2D eigenvalue weighted by molar-refractivity contribution is -0.131. The first-order valence-electron chi connectivity index (χ1n) is 6.14. The highest BCUT2D eigenvalue weighted by Gasteiger charge is 2.09. The zero-order chi connectivity index (χ0) is 15.4. The van der Waals surface area contributed by atoms with Gasteiger partial charge in [0.1, 0.15) is 18.7 Å². The van der Waals surface area contributed by atoms with Gasteiger partial charge in [-0.05, 0) is 30.7 Å². The second kappa shape index (κ2) is 6.53. The summed E-state index contributed by atoms with van der Waals surface area (Å²) in [6, 6.07) is 3.71. The molecule has 110 valence electrons. The molecule has 21 heavy (non-hydrogen) atoms. The zero-order valence-corrected chi connectivity index (χ0v) is 13.2. The topological polar surface area (TPSA) is 77.2 Å². The zero-order valence-electron chi connectivity index (χ0n) is 11.6. The van der Waals surface area contributed by atoms with Crippen LogP contribution in [-0.4, -0.2) is 25.8 Å². The van der Waals surface area contributed by atoms with Gasteiger partial charge in [0.05, 0.1) is 0 Å². The number of aryl methyl sites for hydroxylation is 2. The van der Waals surface area contributed by atoms with Gasteiger partial charge in [-0.2, -0.15) is 5.10 Å². The summed E-state index contributed by atoms with van der Waals surface area (Å²) in [5.74, 6) is 0.302. The maximum absolute atomic E-state index is 10.7. The van der Waals surface area contributed by atoms with Gasteiger partial charge in [0, 0.05) is 23.2 Å². The summed E-state index contributed by atoms with van der Waals surface area (Å²) in [6.45, 7) is 2.15. The number of aromatic nitrogens is 3. The van der Waals surface area contributed by atoms with Gasteiger partial charge in [0.2, 0.25) is 0 Å². The molecule has 2 aromatic rings. The SMILES string of the molecule is Cc1cc(Br)cc(/C=C/C(=O)O)c1OCc1ncnn1C. The third-order valence-electron chi connectivity index (χ3n) is 2.82. The number of rotatable bonds is 5. The minimum Gasteiger partial charge on any atom is -0.485 e. The minimum atomic E-state index is -1.01. The Morgan fingerprint density at radius 3 is 2.90 bits per heavy atom. The van der Waals surface area contributed by atoms with Gasteiger partial charge in [0.15, 0.2) is 5.82 Å². The van der Waals surface area contributed by atoms with Crippen molar-refractivity contribution in [3.05, 3.63) is 46.0 Å². The van der Waals surface area contributed by atoms with Crippen LogP contribution in [-0.2, 0) is 18.4 Å². The average Bonchev–Trinajstić information content (AvgIpc) is 2.80. The molecular formula is C14H14BrN3O3. The molecule has 0 aliphatic carbocycles. The lowest BCUT2D eigenvalue weighted by Gasteiger charge is -2.12. The van der Waals surface area contributed by atoms with E-state index in [2.05, 4.69) is 26.0 Å². The molecule has 0 fully saturated rings. The van der Waals surface area contributed by atoms with Crippen molar-refractivity contribution in [2.24, 2.45) is 7.05 Å². The van der Waals surface area contributed by atoms with Crippen molar-refractivity contribution in [3.63, 3.8) is 0 Å². The first-order valence-corrected chi connectivity index (χ1v) is 6.93. The van der Waals surface area contributed by atoms with Crippen LogP contribution >= 0.6 is 15.9 Å². The van der Waals surface area contributed by atoms with Crippen LogP contribution in [0.3, 0.4) is 0 Å². The molecule has 0 spiro atoms. The molecule has 0 atom stereocenters.